The van der Waals surface area contributed by atoms with Gasteiger partial charge in [0.2, 0.25) is 0 Å². The Kier molecular flexibility index (Phi) is 7.80. The maximum atomic E-state index is 5.73. The van der Waals surface area contributed by atoms with E-state index in [0.717, 1.165) is 38.5 Å². The van der Waals surface area contributed by atoms with Crippen LogP contribution in [-0.4, -0.2) is 12.7 Å². The maximum Gasteiger partial charge on any atom is 0.0934 e. The second-order valence-corrected chi connectivity index (χ2v) is 6.83. The van der Waals surface area contributed by atoms with E-state index in [1.165, 1.54) is 16.7 Å². The summed E-state index contributed by atoms with van der Waals surface area (Å²) in [5.74, 6) is 0. The van der Waals surface area contributed by atoms with Crippen LogP contribution in [0.4, 0.5) is 0 Å². The standard InChI is InChI=1S/C22H30O3/c1-19(7-4-9-20-11-15-24-17-20)8-5-13-22(2,23-3)14-6-10-21-12-16-25-18-21/h5,7,11-13,15-18H,4,6,8-10,14H2,1-3H3/t22-/m0/s1. The van der Waals surface area contributed by atoms with Gasteiger partial charge < -0.3 is 13.6 Å². The van der Waals surface area contributed by atoms with Gasteiger partial charge in [0.1, 0.15) is 0 Å². The summed E-state index contributed by atoms with van der Waals surface area (Å²) in [6.07, 6.45) is 20.0. The van der Waals surface area contributed by atoms with Gasteiger partial charge in [-0.15, -0.1) is 0 Å². The molecule has 0 fully saturated rings. The second kappa shape index (κ2) is 10.1. The molecular weight excluding hydrogens is 312 g/mol. The Bertz CT molecular complexity index is 635. The summed E-state index contributed by atoms with van der Waals surface area (Å²) in [5.41, 5.74) is 3.68. The van der Waals surface area contributed by atoms with Gasteiger partial charge in [-0.3, -0.25) is 0 Å². The topological polar surface area (TPSA) is 35.5 Å². The molecule has 3 nitrogen and oxygen atoms in total. The molecule has 0 N–H and O–H groups in total. The molecule has 0 saturated carbocycles. The lowest BCUT2D eigenvalue weighted by Gasteiger charge is -2.24. The quantitative estimate of drug-likeness (QED) is 0.461. The van der Waals surface area contributed by atoms with Crippen molar-refractivity contribution in [3.63, 3.8) is 0 Å². The van der Waals surface area contributed by atoms with Crippen molar-refractivity contribution in [3.05, 3.63) is 72.1 Å². The summed E-state index contributed by atoms with van der Waals surface area (Å²) in [7, 11) is 1.79. The van der Waals surface area contributed by atoms with Gasteiger partial charge in [-0.25, -0.2) is 0 Å². The summed E-state index contributed by atoms with van der Waals surface area (Å²) in [4.78, 5) is 0. The summed E-state index contributed by atoms with van der Waals surface area (Å²) in [5, 5.41) is 0. The van der Waals surface area contributed by atoms with Crippen LogP contribution in [0, 0.1) is 0 Å². The van der Waals surface area contributed by atoms with Crippen LogP contribution >= 0.6 is 0 Å². The minimum absolute atomic E-state index is 0.208. The molecule has 0 aliphatic heterocycles. The van der Waals surface area contributed by atoms with E-state index in [2.05, 4.69) is 32.1 Å². The Morgan fingerprint density at radius 1 is 1.12 bits per heavy atom. The number of methoxy groups -OCH3 is 1. The van der Waals surface area contributed by atoms with Gasteiger partial charge in [-0.1, -0.05) is 23.8 Å². The number of allylic oxidation sites excluding steroid dienone is 3. The number of furan rings is 2. The van der Waals surface area contributed by atoms with Gasteiger partial charge in [0.25, 0.3) is 0 Å². The highest BCUT2D eigenvalue weighted by atomic mass is 16.5. The fourth-order valence-corrected chi connectivity index (χ4v) is 2.83. The predicted octanol–water partition coefficient (Wildman–Crippen LogP) is 6.13. The molecule has 2 rings (SSSR count). The van der Waals surface area contributed by atoms with E-state index in [-0.39, 0.29) is 5.60 Å². The van der Waals surface area contributed by atoms with Crippen LogP contribution < -0.4 is 0 Å². The first-order valence-electron chi connectivity index (χ1n) is 9.02. The molecule has 1 atom stereocenters. The van der Waals surface area contributed by atoms with E-state index in [9.17, 15) is 0 Å². The first kappa shape index (κ1) is 19.3. The molecule has 0 amide bonds. The van der Waals surface area contributed by atoms with E-state index < -0.39 is 0 Å². The van der Waals surface area contributed by atoms with Gasteiger partial charge in [0.05, 0.1) is 30.7 Å². The molecule has 0 radical (unpaired) electrons. The van der Waals surface area contributed by atoms with E-state index in [1.807, 2.05) is 24.7 Å². The summed E-state index contributed by atoms with van der Waals surface area (Å²) in [6.45, 7) is 4.33. The van der Waals surface area contributed by atoms with Crippen LogP contribution in [0.5, 0.6) is 0 Å². The average molecular weight is 342 g/mol. The molecule has 2 aromatic rings. The molecule has 0 spiro atoms. The number of rotatable bonds is 11. The minimum Gasteiger partial charge on any atom is -0.472 e. The zero-order valence-electron chi connectivity index (χ0n) is 15.7. The lowest BCUT2D eigenvalue weighted by atomic mass is 9.96. The molecule has 3 heteroatoms. The molecule has 0 aliphatic carbocycles. The van der Waals surface area contributed by atoms with Gasteiger partial charge in [0.15, 0.2) is 0 Å². The van der Waals surface area contributed by atoms with Crippen LogP contribution in [0.25, 0.3) is 0 Å². The van der Waals surface area contributed by atoms with Crippen molar-refractivity contribution in [3.8, 4) is 0 Å². The second-order valence-electron chi connectivity index (χ2n) is 6.83. The SMILES string of the molecule is CO[C@@](C)(C=CCC(C)=CCCc1ccoc1)CCCc1ccoc1. The van der Waals surface area contributed by atoms with Crippen molar-refractivity contribution in [2.75, 3.05) is 7.11 Å². The van der Waals surface area contributed by atoms with E-state index in [0.29, 0.717) is 0 Å². The van der Waals surface area contributed by atoms with Crippen LogP contribution in [0.2, 0.25) is 0 Å². The summed E-state index contributed by atoms with van der Waals surface area (Å²) >= 11 is 0. The van der Waals surface area contributed by atoms with Crippen LogP contribution in [0.15, 0.2) is 69.8 Å². The lowest BCUT2D eigenvalue weighted by molar-refractivity contribution is 0.0396. The van der Waals surface area contributed by atoms with Crippen molar-refractivity contribution in [2.24, 2.45) is 0 Å². The van der Waals surface area contributed by atoms with E-state index >= 15 is 0 Å². The third-order valence-corrected chi connectivity index (χ3v) is 4.60. The predicted molar refractivity (Wildman–Crippen MR) is 102 cm³/mol. The molecule has 0 bridgehead atoms. The van der Waals surface area contributed by atoms with Crippen molar-refractivity contribution in [1.82, 2.24) is 0 Å². The molecule has 2 aromatic heterocycles. The third kappa shape index (κ3) is 7.18. The highest BCUT2D eigenvalue weighted by Crippen LogP contribution is 2.21. The fraction of sp³-hybridized carbons (Fsp3) is 0.455. The van der Waals surface area contributed by atoms with Gasteiger partial charge in [0, 0.05) is 7.11 Å². The average Bonchev–Trinajstić information content (AvgIpc) is 3.29. The van der Waals surface area contributed by atoms with Crippen molar-refractivity contribution in [2.45, 2.75) is 58.0 Å². The molecule has 2 heterocycles. The monoisotopic (exact) mass is 342 g/mol. The molecule has 0 aliphatic rings. The number of hydrogen-bond acceptors (Lipinski definition) is 3. The van der Waals surface area contributed by atoms with E-state index in [1.54, 1.807) is 19.6 Å². The first-order valence-corrected chi connectivity index (χ1v) is 9.02. The van der Waals surface area contributed by atoms with Crippen LogP contribution in [0.3, 0.4) is 0 Å². The first-order chi connectivity index (χ1) is 12.1. The number of ether oxygens (including phenoxy) is 1. The van der Waals surface area contributed by atoms with E-state index in [4.69, 9.17) is 13.6 Å². The minimum atomic E-state index is -0.208. The maximum absolute atomic E-state index is 5.73. The Labute approximate surface area is 151 Å². The number of aryl methyl sites for hydroxylation is 2. The van der Waals surface area contributed by atoms with Crippen molar-refractivity contribution in [1.29, 1.82) is 0 Å². The Hall–Kier alpha value is -2.00. The van der Waals surface area contributed by atoms with Crippen LogP contribution in [-0.2, 0) is 17.6 Å². The largest absolute Gasteiger partial charge is 0.472 e. The third-order valence-electron chi connectivity index (χ3n) is 4.60. The normalized spacial score (nSPS) is 14.9. The lowest BCUT2D eigenvalue weighted by Crippen LogP contribution is -2.24. The Balaban J connectivity index is 1.72. The van der Waals surface area contributed by atoms with Crippen LogP contribution in [0.1, 0.15) is 50.7 Å². The van der Waals surface area contributed by atoms with Gasteiger partial charge >= 0.3 is 0 Å². The van der Waals surface area contributed by atoms with Crippen molar-refractivity contribution < 1.29 is 13.6 Å². The Morgan fingerprint density at radius 2 is 1.80 bits per heavy atom. The Morgan fingerprint density at radius 3 is 2.40 bits per heavy atom. The number of hydrogen-bond donors (Lipinski definition) is 0. The zero-order valence-corrected chi connectivity index (χ0v) is 15.7. The summed E-state index contributed by atoms with van der Waals surface area (Å²) in [6, 6.07) is 4.05. The molecule has 136 valence electrons. The highest BCUT2D eigenvalue weighted by Gasteiger charge is 2.19. The molecule has 0 aromatic carbocycles. The summed E-state index contributed by atoms with van der Waals surface area (Å²) < 4.78 is 15.9. The molecule has 0 unspecified atom stereocenters. The van der Waals surface area contributed by atoms with Crippen molar-refractivity contribution >= 4 is 0 Å². The highest BCUT2D eigenvalue weighted by molar-refractivity contribution is 5.11. The fourth-order valence-electron chi connectivity index (χ4n) is 2.83. The van der Waals surface area contributed by atoms with Gasteiger partial charge in [-0.05, 0) is 75.6 Å². The van der Waals surface area contributed by atoms with Gasteiger partial charge in [-0.2, -0.15) is 0 Å². The molecule has 0 saturated heterocycles. The smallest absolute Gasteiger partial charge is 0.0934 e. The molecule has 25 heavy (non-hydrogen) atoms. The molecular formula is C22H30O3. The zero-order chi connectivity index (χ0) is 18.0.